The molecule has 0 radical (unpaired) electrons. The zero-order chi connectivity index (χ0) is 60.2. The van der Waals surface area contributed by atoms with Crippen molar-refractivity contribution in [1.82, 2.24) is 5.32 Å². The number of carbonyl (C=O) groups excluding carboxylic acids is 1. The Kier molecular flexibility index (Phi) is 51.0. The van der Waals surface area contributed by atoms with Gasteiger partial charge in [-0.05, 0) is 32.1 Å². The van der Waals surface area contributed by atoms with Crippen molar-refractivity contribution in [2.75, 3.05) is 19.8 Å². The Hall–Kier alpha value is -1.53. The molecule has 0 aromatic rings. The molecule has 2 saturated heterocycles. The van der Waals surface area contributed by atoms with Gasteiger partial charge in [-0.3, -0.25) is 4.79 Å². The topological polar surface area (TPSA) is 228 Å². The molecule has 2 fully saturated rings. The Morgan fingerprint density at radius 1 is 0.422 bits per heavy atom. The lowest BCUT2D eigenvalue weighted by molar-refractivity contribution is -0.359. The van der Waals surface area contributed by atoms with Gasteiger partial charge in [-0.1, -0.05) is 301 Å². The number of hydrogen-bond donors (Lipinski definition) is 9. The molecule has 0 aromatic carbocycles. The van der Waals surface area contributed by atoms with E-state index >= 15 is 0 Å². The van der Waals surface area contributed by atoms with Crippen molar-refractivity contribution in [2.24, 2.45) is 0 Å². The van der Waals surface area contributed by atoms with Gasteiger partial charge in [0, 0.05) is 6.42 Å². The largest absolute Gasteiger partial charge is 0.394 e. The van der Waals surface area contributed by atoms with Crippen molar-refractivity contribution < 1.29 is 64.6 Å². The molecule has 0 spiro atoms. The Labute approximate surface area is 507 Å². The van der Waals surface area contributed by atoms with Gasteiger partial charge in [0.1, 0.15) is 48.8 Å². The van der Waals surface area contributed by atoms with Crippen LogP contribution in [0, 0.1) is 0 Å². The maximum Gasteiger partial charge on any atom is 0.220 e. The van der Waals surface area contributed by atoms with Crippen LogP contribution < -0.4 is 5.32 Å². The molecule has 83 heavy (non-hydrogen) atoms. The highest BCUT2D eigenvalue weighted by Gasteiger charge is 2.51. The lowest BCUT2D eigenvalue weighted by atomic mass is 9.97. The van der Waals surface area contributed by atoms with E-state index in [1.165, 1.54) is 244 Å². The molecule has 0 aliphatic carbocycles. The van der Waals surface area contributed by atoms with Crippen LogP contribution in [0.15, 0.2) is 24.3 Å². The highest BCUT2D eigenvalue weighted by Crippen LogP contribution is 2.30. The third-order valence-electron chi connectivity index (χ3n) is 17.4. The summed E-state index contributed by atoms with van der Waals surface area (Å²) in [4.78, 5) is 13.2. The van der Waals surface area contributed by atoms with Gasteiger partial charge in [0.15, 0.2) is 12.6 Å². The maximum atomic E-state index is 13.2. The summed E-state index contributed by atoms with van der Waals surface area (Å²) < 4.78 is 22.7. The minimum Gasteiger partial charge on any atom is -0.394 e. The molecule has 0 bridgehead atoms. The van der Waals surface area contributed by atoms with Crippen molar-refractivity contribution in [1.29, 1.82) is 0 Å². The lowest BCUT2D eigenvalue weighted by Crippen LogP contribution is -2.65. The number of hydrogen-bond acceptors (Lipinski definition) is 13. The van der Waals surface area contributed by atoms with E-state index in [-0.39, 0.29) is 18.9 Å². The highest BCUT2D eigenvalue weighted by molar-refractivity contribution is 5.76. The van der Waals surface area contributed by atoms with Crippen molar-refractivity contribution in [3.05, 3.63) is 24.3 Å². The summed E-state index contributed by atoms with van der Waals surface area (Å²) in [6, 6.07) is -0.926. The second kappa shape index (κ2) is 54.6. The minimum atomic E-state index is -1.79. The molecule has 2 aliphatic rings. The zero-order valence-corrected chi connectivity index (χ0v) is 53.2. The lowest BCUT2D eigenvalue weighted by Gasteiger charge is -2.46. The van der Waals surface area contributed by atoms with Crippen LogP contribution in [0.1, 0.15) is 316 Å². The first kappa shape index (κ1) is 77.6. The molecule has 9 N–H and O–H groups in total. The standard InChI is InChI=1S/C69H131NO13/c1-3-5-7-9-11-13-14-15-16-17-18-19-20-21-22-23-24-25-26-27-28-29-30-31-32-33-34-35-36-37-38-39-40-41-42-43-45-47-49-51-53-61(74)70-57(58(73)52-50-48-46-44-12-10-8-6-4-2)56-80-68-66(79)64(77)67(60(55-72)82-68)83-69-65(78)63(76)62(75)59(54-71)81-69/h12,44,50,52,57-60,62-69,71-73,75-79H,3-11,13-43,45-49,51,53-56H2,1-2H3,(H,70,74)/b44-12+,52-50+. The predicted octanol–water partition coefficient (Wildman–Crippen LogP) is 14.0. The number of ether oxygens (including phenoxy) is 4. The van der Waals surface area contributed by atoms with E-state index in [0.717, 1.165) is 38.5 Å². The first-order valence-electron chi connectivity index (χ1n) is 35.1. The van der Waals surface area contributed by atoms with E-state index in [1.54, 1.807) is 6.08 Å². The normalized spacial score (nSPS) is 23.9. The Bertz CT molecular complexity index is 1490. The monoisotopic (exact) mass is 1180 g/mol. The van der Waals surface area contributed by atoms with Gasteiger partial charge < -0.3 is 65.1 Å². The number of nitrogens with one attached hydrogen (secondary N) is 1. The number of unbranched alkanes of at least 4 members (excludes halogenated alkanes) is 43. The summed E-state index contributed by atoms with van der Waals surface area (Å²) in [6.07, 6.45) is 51.8. The average Bonchev–Trinajstić information content (AvgIpc) is 3.58. The van der Waals surface area contributed by atoms with Crippen LogP contribution in [-0.4, -0.2) is 140 Å². The highest BCUT2D eigenvalue weighted by atomic mass is 16.7. The summed E-state index contributed by atoms with van der Waals surface area (Å²) in [5.74, 6) is -0.246. The molecule has 12 unspecified atom stereocenters. The summed E-state index contributed by atoms with van der Waals surface area (Å²) in [6.45, 7) is 2.75. The smallest absolute Gasteiger partial charge is 0.220 e. The zero-order valence-electron chi connectivity index (χ0n) is 53.2. The van der Waals surface area contributed by atoms with Crippen LogP contribution in [0.25, 0.3) is 0 Å². The van der Waals surface area contributed by atoms with E-state index in [0.29, 0.717) is 12.8 Å². The SMILES string of the molecule is CCCCC/C=C/CC/C=C/C(O)C(COC1OC(CO)C(OC2OC(CO)C(O)C(O)C2O)C(O)C1O)NC(=O)CCCCCCCCCCCCCCCCCCCCCCCCCCCCCCCCCCCCCCCCCC. The summed E-state index contributed by atoms with van der Waals surface area (Å²) in [5, 5.41) is 86.9. The molecule has 2 rings (SSSR count). The Morgan fingerprint density at radius 2 is 0.771 bits per heavy atom. The van der Waals surface area contributed by atoms with Crippen molar-refractivity contribution >= 4 is 5.91 Å². The summed E-state index contributed by atoms with van der Waals surface area (Å²) in [5.41, 5.74) is 0. The van der Waals surface area contributed by atoms with Gasteiger partial charge >= 0.3 is 0 Å². The summed E-state index contributed by atoms with van der Waals surface area (Å²) >= 11 is 0. The molecule has 490 valence electrons. The van der Waals surface area contributed by atoms with E-state index in [4.69, 9.17) is 18.9 Å². The van der Waals surface area contributed by atoms with Crippen LogP contribution in [0.2, 0.25) is 0 Å². The number of aliphatic hydroxyl groups is 8. The van der Waals surface area contributed by atoms with Crippen molar-refractivity contribution in [3.63, 3.8) is 0 Å². The second-order valence-electron chi connectivity index (χ2n) is 25.0. The molecule has 14 nitrogen and oxygen atoms in total. The van der Waals surface area contributed by atoms with E-state index in [2.05, 4.69) is 31.3 Å². The van der Waals surface area contributed by atoms with Crippen molar-refractivity contribution in [3.8, 4) is 0 Å². The van der Waals surface area contributed by atoms with E-state index in [9.17, 15) is 45.6 Å². The third kappa shape index (κ3) is 39.2. The second-order valence-corrected chi connectivity index (χ2v) is 25.0. The number of allylic oxidation sites excluding steroid dienone is 3. The van der Waals surface area contributed by atoms with Gasteiger partial charge in [-0.15, -0.1) is 0 Å². The van der Waals surface area contributed by atoms with E-state index < -0.39 is 86.8 Å². The Morgan fingerprint density at radius 3 is 1.18 bits per heavy atom. The first-order valence-corrected chi connectivity index (χ1v) is 35.1. The van der Waals surface area contributed by atoms with Crippen LogP contribution in [-0.2, 0) is 23.7 Å². The van der Waals surface area contributed by atoms with Crippen LogP contribution in [0.4, 0.5) is 0 Å². The number of amides is 1. The fourth-order valence-corrected chi connectivity index (χ4v) is 11.8. The predicted molar refractivity (Wildman–Crippen MR) is 337 cm³/mol. The van der Waals surface area contributed by atoms with Gasteiger partial charge in [0.2, 0.25) is 5.91 Å². The number of carbonyl (C=O) groups is 1. The van der Waals surface area contributed by atoms with Crippen LogP contribution in [0.5, 0.6) is 0 Å². The van der Waals surface area contributed by atoms with Gasteiger partial charge in [0.25, 0.3) is 0 Å². The maximum absolute atomic E-state index is 13.2. The van der Waals surface area contributed by atoms with Crippen LogP contribution in [0.3, 0.4) is 0 Å². The molecular weight excluding hydrogens is 1050 g/mol. The molecule has 2 heterocycles. The first-order chi connectivity index (χ1) is 40.6. The molecule has 1 amide bonds. The molecule has 0 saturated carbocycles. The average molecular weight is 1180 g/mol. The van der Waals surface area contributed by atoms with Crippen molar-refractivity contribution in [2.45, 2.75) is 389 Å². The van der Waals surface area contributed by atoms with Crippen LogP contribution >= 0.6 is 0 Å². The minimum absolute atomic E-state index is 0.246. The fraction of sp³-hybridized carbons (Fsp3) is 0.928. The third-order valence-corrected chi connectivity index (χ3v) is 17.4. The molecular formula is C69H131NO13. The quantitative estimate of drug-likeness (QED) is 0.0204. The van der Waals surface area contributed by atoms with E-state index in [1.807, 2.05) is 6.08 Å². The van der Waals surface area contributed by atoms with Gasteiger partial charge in [0.05, 0.1) is 32.0 Å². The Balaban J connectivity index is 1.49. The molecule has 2 aliphatic heterocycles. The van der Waals surface area contributed by atoms with Gasteiger partial charge in [-0.25, -0.2) is 0 Å². The summed E-state index contributed by atoms with van der Waals surface area (Å²) in [7, 11) is 0. The van der Waals surface area contributed by atoms with Gasteiger partial charge in [-0.2, -0.15) is 0 Å². The fourth-order valence-electron chi connectivity index (χ4n) is 11.8. The molecule has 12 atom stereocenters. The number of aliphatic hydroxyl groups excluding tert-OH is 8. The molecule has 14 heteroatoms. The molecule has 0 aromatic heterocycles. The number of rotatable bonds is 58.